The molecule has 2 aromatic carbocycles. The number of benzene rings is 2. The van der Waals surface area contributed by atoms with Gasteiger partial charge in [-0.05, 0) is 17.2 Å². The molecule has 0 N–H and O–H groups in total. The Balaban J connectivity index is 2.42. The van der Waals surface area contributed by atoms with E-state index in [1.54, 1.807) is 12.1 Å². The van der Waals surface area contributed by atoms with E-state index in [0.29, 0.717) is 15.6 Å². The van der Waals surface area contributed by atoms with Gasteiger partial charge in [0, 0.05) is 17.5 Å². The molecular formula is C15H8Cl2O2. The minimum atomic E-state index is -0.412. The molecule has 0 saturated carbocycles. The molecule has 0 spiro atoms. The van der Waals surface area contributed by atoms with Gasteiger partial charge in [-0.2, -0.15) is 0 Å². The monoisotopic (exact) mass is 290 g/mol. The zero-order valence-electron chi connectivity index (χ0n) is 9.69. The molecule has 94 valence electrons. The zero-order valence-corrected chi connectivity index (χ0v) is 11.2. The van der Waals surface area contributed by atoms with Crippen molar-refractivity contribution in [2.45, 2.75) is 0 Å². The smallest absolute Gasteiger partial charge is 0.336 e. The van der Waals surface area contributed by atoms with Gasteiger partial charge in [-0.25, -0.2) is 4.79 Å². The van der Waals surface area contributed by atoms with Gasteiger partial charge in [0.05, 0.1) is 10.0 Å². The van der Waals surface area contributed by atoms with Gasteiger partial charge < -0.3 is 4.42 Å². The first-order valence-corrected chi connectivity index (χ1v) is 6.39. The lowest BCUT2D eigenvalue weighted by atomic mass is 10.0. The van der Waals surface area contributed by atoms with Crippen LogP contribution in [0.2, 0.25) is 10.0 Å². The third-order valence-electron chi connectivity index (χ3n) is 2.87. The van der Waals surface area contributed by atoms with E-state index >= 15 is 0 Å². The molecule has 0 unspecified atom stereocenters. The predicted octanol–water partition coefficient (Wildman–Crippen LogP) is 4.77. The molecule has 3 aromatic rings. The maximum Gasteiger partial charge on any atom is 0.336 e. The van der Waals surface area contributed by atoms with Crippen LogP contribution in [-0.4, -0.2) is 0 Å². The first-order chi connectivity index (χ1) is 9.15. The normalized spacial score (nSPS) is 10.8. The SMILES string of the molecule is O=c1cc(-c2ccccc2)c2cc(Cl)c(Cl)cc2o1. The Morgan fingerprint density at radius 3 is 2.32 bits per heavy atom. The lowest BCUT2D eigenvalue weighted by Crippen LogP contribution is -1.98. The number of hydrogen-bond donors (Lipinski definition) is 0. The molecule has 19 heavy (non-hydrogen) atoms. The average molecular weight is 291 g/mol. The Morgan fingerprint density at radius 2 is 1.58 bits per heavy atom. The van der Waals surface area contributed by atoms with Gasteiger partial charge in [-0.3, -0.25) is 0 Å². The molecule has 1 heterocycles. The Morgan fingerprint density at radius 1 is 0.895 bits per heavy atom. The van der Waals surface area contributed by atoms with Crippen LogP contribution in [0.1, 0.15) is 0 Å². The van der Waals surface area contributed by atoms with Crippen LogP contribution in [0.3, 0.4) is 0 Å². The Kier molecular flexibility index (Phi) is 3.05. The highest BCUT2D eigenvalue weighted by atomic mass is 35.5. The van der Waals surface area contributed by atoms with E-state index in [1.165, 1.54) is 6.07 Å². The first kappa shape index (κ1) is 12.3. The van der Waals surface area contributed by atoms with Gasteiger partial charge in [0.1, 0.15) is 5.58 Å². The van der Waals surface area contributed by atoms with Crippen LogP contribution >= 0.6 is 23.2 Å². The molecule has 0 fully saturated rings. The molecule has 3 rings (SSSR count). The van der Waals surface area contributed by atoms with E-state index in [2.05, 4.69) is 0 Å². The maximum atomic E-state index is 11.6. The fraction of sp³-hybridized carbons (Fsp3) is 0. The maximum absolute atomic E-state index is 11.6. The largest absolute Gasteiger partial charge is 0.423 e. The van der Waals surface area contributed by atoms with Crippen molar-refractivity contribution < 1.29 is 4.42 Å². The summed E-state index contributed by atoms with van der Waals surface area (Å²) in [5.41, 5.74) is 1.73. The molecule has 4 heteroatoms. The van der Waals surface area contributed by atoms with Gasteiger partial charge in [0.2, 0.25) is 0 Å². The molecule has 0 saturated heterocycles. The molecule has 0 amide bonds. The van der Waals surface area contributed by atoms with E-state index in [0.717, 1.165) is 16.5 Å². The van der Waals surface area contributed by atoms with E-state index < -0.39 is 5.63 Å². The molecular weight excluding hydrogens is 283 g/mol. The third kappa shape index (κ3) is 2.25. The van der Waals surface area contributed by atoms with Crippen molar-refractivity contribution in [3.8, 4) is 11.1 Å². The highest BCUT2D eigenvalue weighted by molar-refractivity contribution is 6.42. The van der Waals surface area contributed by atoms with Crippen molar-refractivity contribution in [1.29, 1.82) is 0 Å². The van der Waals surface area contributed by atoms with Gasteiger partial charge >= 0.3 is 5.63 Å². The molecule has 2 nitrogen and oxygen atoms in total. The Bertz CT molecular complexity index is 807. The quantitative estimate of drug-likeness (QED) is 0.605. The topological polar surface area (TPSA) is 30.2 Å². The minimum absolute atomic E-state index is 0.363. The summed E-state index contributed by atoms with van der Waals surface area (Å²) in [5, 5.41) is 1.56. The van der Waals surface area contributed by atoms with Crippen molar-refractivity contribution in [2.75, 3.05) is 0 Å². The van der Waals surface area contributed by atoms with Crippen LogP contribution in [0.5, 0.6) is 0 Å². The summed E-state index contributed by atoms with van der Waals surface area (Å²) in [5.74, 6) is 0. The molecule has 0 aliphatic heterocycles. The number of hydrogen-bond acceptors (Lipinski definition) is 2. The van der Waals surface area contributed by atoms with Crippen LogP contribution in [0, 0.1) is 0 Å². The van der Waals surface area contributed by atoms with Gasteiger partial charge in [-0.1, -0.05) is 53.5 Å². The average Bonchev–Trinajstić information content (AvgIpc) is 2.41. The summed E-state index contributed by atoms with van der Waals surface area (Å²) in [4.78, 5) is 11.6. The van der Waals surface area contributed by atoms with E-state index in [9.17, 15) is 4.79 Å². The Hall–Kier alpha value is -1.77. The third-order valence-corrected chi connectivity index (χ3v) is 3.59. The molecule has 0 atom stereocenters. The van der Waals surface area contributed by atoms with Crippen LogP contribution in [0.15, 0.2) is 57.7 Å². The molecule has 1 aromatic heterocycles. The second kappa shape index (κ2) is 4.72. The molecule has 0 bridgehead atoms. The lowest BCUT2D eigenvalue weighted by molar-refractivity contribution is 0.561. The van der Waals surface area contributed by atoms with Crippen LogP contribution in [0.25, 0.3) is 22.1 Å². The van der Waals surface area contributed by atoms with Gasteiger partial charge in [0.25, 0.3) is 0 Å². The van der Waals surface area contributed by atoms with Crippen LogP contribution < -0.4 is 5.63 Å². The van der Waals surface area contributed by atoms with Crippen molar-refractivity contribution in [1.82, 2.24) is 0 Å². The Labute approximate surface area is 119 Å². The molecule has 0 aliphatic carbocycles. The summed E-state index contributed by atoms with van der Waals surface area (Å²) in [6.45, 7) is 0. The summed E-state index contributed by atoms with van der Waals surface area (Å²) in [6.07, 6.45) is 0. The second-order valence-electron chi connectivity index (χ2n) is 4.11. The highest BCUT2D eigenvalue weighted by Gasteiger charge is 2.10. The fourth-order valence-electron chi connectivity index (χ4n) is 2.01. The molecule has 0 aliphatic rings. The van der Waals surface area contributed by atoms with Crippen molar-refractivity contribution in [3.05, 3.63) is 69.0 Å². The van der Waals surface area contributed by atoms with E-state index in [-0.39, 0.29) is 0 Å². The highest BCUT2D eigenvalue weighted by Crippen LogP contribution is 2.33. The minimum Gasteiger partial charge on any atom is -0.423 e. The first-order valence-electron chi connectivity index (χ1n) is 5.63. The second-order valence-corrected chi connectivity index (χ2v) is 4.92. The van der Waals surface area contributed by atoms with E-state index in [1.807, 2.05) is 30.3 Å². The van der Waals surface area contributed by atoms with Crippen LogP contribution in [0.4, 0.5) is 0 Å². The predicted molar refractivity (Wildman–Crippen MR) is 77.9 cm³/mol. The number of halogens is 2. The summed E-state index contributed by atoms with van der Waals surface area (Å²) in [7, 11) is 0. The standard InChI is InChI=1S/C15H8Cl2O2/c16-12-6-11-10(9-4-2-1-3-5-9)7-15(18)19-14(11)8-13(12)17/h1-8H. The van der Waals surface area contributed by atoms with Gasteiger partial charge in [-0.15, -0.1) is 0 Å². The van der Waals surface area contributed by atoms with Crippen molar-refractivity contribution in [3.63, 3.8) is 0 Å². The summed E-state index contributed by atoms with van der Waals surface area (Å²) < 4.78 is 5.16. The number of fused-ring (bicyclic) bond motifs is 1. The van der Waals surface area contributed by atoms with Crippen molar-refractivity contribution >= 4 is 34.2 Å². The van der Waals surface area contributed by atoms with Crippen LogP contribution in [-0.2, 0) is 0 Å². The van der Waals surface area contributed by atoms with E-state index in [4.69, 9.17) is 27.6 Å². The summed E-state index contributed by atoms with van der Waals surface area (Å²) >= 11 is 12.0. The zero-order chi connectivity index (χ0) is 13.4. The van der Waals surface area contributed by atoms with Crippen molar-refractivity contribution in [2.24, 2.45) is 0 Å². The molecule has 0 radical (unpaired) electrons. The lowest BCUT2D eigenvalue weighted by Gasteiger charge is -2.06. The summed E-state index contributed by atoms with van der Waals surface area (Å²) in [6, 6.07) is 14.3. The number of rotatable bonds is 1. The van der Waals surface area contributed by atoms with Gasteiger partial charge in [0.15, 0.2) is 0 Å². The fourth-order valence-corrected chi connectivity index (χ4v) is 2.33.